The number of rotatable bonds is 4. The van der Waals surface area contributed by atoms with E-state index in [-0.39, 0.29) is 0 Å². The van der Waals surface area contributed by atoms with Gasteiger partial charge in [-0.1, -0.05) is 0 Å². The zero-order chi connectivity index (χ0) is 17.1. The number of piperazine rings is 1. The summed E-state index contributed by atoms with van der Waals surface area (Å²) in [5, 5.41) is 3.29. The van der Waals surface area contributed by atoms with Gasteiger partial charge < -0.3 is 4.90 Å². The monoisotopic (exact) mass is 352 g/mol. The summed E-state index contributed by atoms with van der Waals surface area (Å²) in [6, 6.07) is 5.88. The Balaban J connectivity index is 1.41. The second-order valence-electron chi connectivity index (χ2n) is 6.10. The minimum atomic E-state index is 0.797. The van der Waals surface area contributed by atoms with Crippen molar-refractivity contribution in [2.75, 3.05) is 31.1 Å². The molecule has 1 saturated heterocycles. The third-order valence-corrected chi connectivity index (χ3v) is 5.13. The van der Waals surface area contributed by atoms with Crippen LogP contribution in [0.5, 0.6) is 0 Å². The first kappa shape index (κ1) is 16.1. The second-order valence-corrected chi connectivity index (χ2v) is 7.17. The molecule has 0 radical (unpaired) electrons. The van der Waals surface area contributed by atoms with Crippen molar-refractivity contribution in [3.8, 4) is 11.3 Å². The zero-order valence-corrected chi connectivity index (χ0v) is 15.0. The van der Waals surface area contributed by atoms with Crippen molar-refractivity contribution in [2.45, 2.75) is 13.5 Å². The molecule has 0 N–H and O–H groups in total. The fraction of sp³-hybridized carbons (Fsp3) is 0.333. The number of hydrogen-bond acceptors (Lipinski definition) is 7. The summed E-state index contributed by atoms with van der Waals surface area (Å²) in [6.07, 6.45) is 5.43. The van der Waals surface area contributed by atoms with Gasteiger partial charge in [0.15, 0.2) is 0 Å². The number of aromatic nitrogens is 4. The molecule has 0 aliphatic carbocycles. The van der Waals surface area contributed by atoms with Crippen LogP contribution in [0.25, 0.3) is 11.3 Å². The van der Waals surface area contributed by atoms with Gasteiger partial charge in [-0.25, -0.2) is 15.0 Å². The second kappa shape index (κ2) is 7.25. The van der Waals surface area contributed by atoms with Gasteiger partial charge in [-0.2, -0.15) is 0 Å². The quantitative estimate of drug-likeness (QED) is 0.719. The summed E-state index contributed by atoms with van der Waals surface area (Å²) in [6.45, 7) is 6.83. The fourth-order valence-electron chi connectivity index (χ4n) is 2.99. The molecule has 0 atom stereocenters. The van der Waals surface area contributed by atoms with Crippen molar-refractivity contribution in [3.05, 3.63) is 52.9 Å². The van der Waals surface area contributed by atoms with Crippen LogP contribution in [0.3, 0.4) is 0 Å². The van der Waals surface area contributed by atoms with Gasteiger partial charge >= 0.3 is 0 Å². The third kappa shape index (κ3) is 3.83. The normalized spacial score (nSPS) is 15.5. The first-order valence-electron chi connectivity index (χ1n) is 8.40. The van der Waals surface area contributed by atoms with Crippen LogP contribution in [0.1, 0.15) is 10.7 Å². The highest BCUT2D eigenvalue weighted by molar-refractivity contribution is 7.09. The molecule has 0 unspecified atom stereocenters. The highest BCUT2D eigenvalue weighted by Crippen LogP contribution is 2.19. The van der Waals surface area contributed by atoms with Crippen molar-refractivity contribution < 1.29 is 0 Å². The first-order chi connectivity index (χ1) is 12.3. The van der Waals surface area contributed by atoms with Crippen molar-refractivity contribution in [1.29, 1.82) is 0 Å². The zero-order valence-electron chi connectivity index (χ0n) is 14.2. The largest absolute Gasteiger partial charge is 0.338 e. The molecule has 4 rings (SSSR count). The summed E-state index contributed by atoms with van der Waals surface area (Å²) in [5.41, 5.74) is 3.10. The van der Waals surface area contributed by atoms with E-state index in [2.05, 4.69) is 37.1 Å². The lowest BCUT2D eigenvalue weighted by Crippen LogP contribution is -2.46. The maximum Gasteiger partial charge on any atom is 0.225 e. The Bertz CT molecular complexity index is 826. The van der Waals surface area contributed by atoms with Crippen LogP contribution in [-0.2, 0) is 6.54 Å². The van der Waals surface area contributed by atoms with E-state index in [4.69, 9.17) is 4.98 Å². The molecule has 7 heteroatoms. The van der Waals surface area contributed by atoms with E-state index in [0.29, 0.717) is 0 Å². The molecular formula is C18H20N6S. The van der Waals surface area contributed by atoms with Gasteiger partial charge in [0.05, 0.1) is 16.4 Å². The molecule has 6 nitrogen and oxygen atoms in total. The van der Waals surface area contributed by atoms with E-state index in [1.807, 2.05) is 30.6 Å². The molecule has 4 heterocycles. The topological polar surface area (TPSA) is 58.0 Å². The van der Waals surface area contributed by atoms with Crippen LogP contribution in [0.15, 0.2) is 42.2 Å². The van der Waals surface area contributed by atoms with E-state index < -0.39 is 0 Å². The molecule has 0 spiro atoms. The smallest absolute Gasteiger partial charge is 0.225 e. The summed E-state index contributed by atoms with van der Waals surface area (Å²) in [7, 11) is 0. The molecule has 25 heavy (non-hydrogen) atoms. The molecule has 0 saturated carbocycles. The number of thiazole rings is 1. The molecule has 1 aliphatic heterocycles. The van der Waals surface area contributed by atoms with Gasteiger partial charge in [0, 0.05) is 62.3 Å². The molecule has 128 valence electrons. The third-order valence-electron chi connectivity index (χ3n) is 4.31. The van der Waals surface area contributed by atoms with Gasteiger partial charge in [0.1, 0.15) is 0 Å². The summed E-state index contributed by atoms with van der Waals surface area (Å²) in [4.78, 5) is 22.6. The molecule has 0 aromatic carbocycles. The van der Waals surface area contributed by atoms with Crippen LogP contribution < -0.4 is 4.90 Å². The average Bonchev–Trinajstić information content (AvgIpc) is 3.08. The van der Waals surface area contributed by atoms with Crippen LogP contribution in [0.2, 0.25) is 0 Å². The Labute approximate surface area is 151 Å². The minimum Gasteiger partial charge on any atom is -0.338 e. The fourth-order valence-corrected chi connectivity index (χ4v) is 3.60. The van der Waals surface area contributed by atoms with Gasteiger partial charge in [0.25, 0.3) is 0 Å². The number of pyridine rings is 1. The van der Waals surface area contributed by atoms with Gasteiger partial charge in [-0.3, -0.25) is 9.88 Å². The molecule has 1 fully saturated rings. The lowest BCUT2D eigenvalue weighted by Gasteiger charge is -2.34. The highest BCUT2D eigenvalue weighted by atomic mass is 32.1. The van der Waals surface area contributed by atoms with Crippen molar-refractivity contribution in [3.63, 3.8) is 0 Å². The van der Waals surface area contributed by atoms with E-state index in [9.17, 15) is 0 Å². The van der Waals surface area contributed by atoms with Gasteiger partial charge in [-0.05, 0) is 25.1 Å². The standard InChI is InChI=1S/C18H20N6S/c1-14-21-16(13-25-14)12-23-7-9-24(10-8-23)18-20-6-4-17(22-18)15-3-2-5-19-11-15/h2-6,11,13H,7-10,12H2,1H3. The Morgan fingerprint density at radius 2 is 1.96 bits per heavy atom. The van der Waals surface area contributed by atoms with Crippen molar-refractivity contribution in [1.82, 2.24) is 24.8 Å². The predicted molar refractivity (Wildman–Crippen MR) is 99.6 cm³/mol. The molecule has 0 bridgehead atoms. The van der Waals surface area contributed by atoms with E-state index in [1.54, 1.807) is 17.5 Å². The van der Waals surface area contributed by atoms with Crippen LogP contribution in [-0.4, -0.2) is 51.0 Å². The average molecular weight is 352 g/mol. The predicted octanol–water partition coefficient (Wildman–Crippen LogP) is 2.63. The van der Waals surface area contributed by atoms with Crippen LogP contribution in [0, 0.1) is 6.92 Å². The van der Waals surface area contributed by atoms with E-state index in [1.165, 1.54) is 5.69 Å². The van der Waals surface area contributed by atoms with Crippen molar-refractivity contribution in [2.24, 2.45) is 0 Å². The highest BCUT2D eigenvalue weighted by Gasteiger charge is 2.20. The summed E-state index contributed by atoms with van der Waals surface area (Å²) in [5.74, 6) is 0.797. The Morgan fingerprint density at radius 1 is 1.08 bits per heavy atom. The summed E-state index contributed by atoms with van der Waals surface area (Å²) >= 11 is 1.72. The number of aryl methyl sites for hydroxylation is 1. The number of anilines is 1. The summed E-state index contributed by atoms with van der Waals surface area (Å²) < 4.78 is 0. The van der Waals surface area contributed by atoms with Crippen LogP contribution >= 0.6 is 11.3 Å². The number of nitrogens with zero attached hydrogens (tertiary/aromatic N) is 6. The molecule has 3 aromatic rings. The molecule has 1 aliphatic rings. The molecule has 3 aromatic heterocycles. The van der Waals surface area contributed by atoms with E-state index in [0.717, 1.165) is 54.9 Å². The maximum atomic E-state index is 4.72. The molecule has 0 amide bonds. The SMILES string of the molecule is Cc1nc(CN2CCN(c3nccc(-c4cccnc4)n3)CC2)cs1. The van der Waals surface area contributed by atoms with E-state index >= 15 is 0 Å². The lowest BCUT2D eigenvalue weighted by molar-refractivity contribution is 0.246. The first-order valence-corrected chi connectivity index (χ1v) is 9.28. The Kier molecular flexibility index (Phi) is 4.67. The molecular weight excluding hydrogens is 332 g/mol. The number of hydrogen-bond donors (Lipinski definition) is 0. The van der Waals surface area contributed by atoms with Gasteiger partial charge in [-0.15, -0.1) is 11.3 Å². The van der Waals surface area contributed by atoms with Crippen LogP contribution in [0.4, 0.5) is 5.95 Å². The van der Waals surface area contributed by atoms with Crippen molar-refractivity contribution >= 4 is 17.3 Å². The lowest BCUT2D eigenvalue weighted by atomic mass is 10.2. The Hall–Kier alpha value is -2.38. The van der Waals surface area contributed by atoms with Gasteiger partial charge in [0.2, 0.25) is 5.95 Å². The minimum absolute atomic E-state index is 0.797. The Morgan fingerprint density at radius 3 is 2.68 bits per heavy atom. The maximum absolute atomic E-state index is 4.72.